The number of rotatable bonds is 6. The summed E-state index contributed by atoms with van der Waals surface area (Å²) in [6, 6.07) is 6.29. The lowest BCUT2D eigenvalue weighted by molar-refractivity contribution is 0.445. The summed E-state index contributed by atoms with van der Waals surface area (Å²) in [4.78, 5) is 8.32. The summed E-state index contributed by atoms with van der Waals surface area (Å²) in [5.41, 5.74) is 0. The predicted octanol–water partition coefficient (Wildman–Crippen LogP) is 2.86. The van der Waals surface area contributed by atoms with Gasteiger partial charge in [0.15, 0.2) is 5.16 Å². The lowest BCUT2D eigenvalue weighted by atomic mass is 10.3. The van der Waals surface area contributed by atoms with Crippen molar-refractivity contribution in [2.24, 2.45) is 0 Å². The molecule has 96 valence electrons. The number of thioether (sulfide) groups is 1. The first-order valence-electron chi connectivity index (χ1n) is 5.95. The molecule has 18 heavy (non-hydrogen) atoms. The van der Waals surface area contributed by atoms with Crippen LogP contribution in [-0.2, 0) is 12.3 Å². The lowest BCUT2D eigenvalue weighted by Crippen LogP contribution is -2.21. The van der Waals surface area contributed by atoms with Crippen LogP contribution in [0.15, 0.2) is 40.2 Å². The zero-order valence-corrected chi connectivity index (χ0v) is 11.4. The molecule has 0 radical (unpaired) electrons. The molecule has 2 rings (SSSR count). The molecule has 0 spiro atoms. The quantitative estimate of drug-likeness (QED) is 0.641. The molecule has 0 atom stereocenters. The van der Waals surface area contributed by atoms with E-state index in [1.54, 1.807) is 24.2 Å². The minimum Gasteiger partial charge on any atom is -0.464 e. The van der Waals surface area contributed by atoms with Gasteiger partial charge in [0.05, 0.1) is 12.3 Å². The van der Waals surface area contributed by atoms with Crippen molar-refractivity contribution < 1.29 is 4.42 Å². The Bertz CT molecular complexity index is 470. The van der Waals surface area contributed by atoms with Crippen LogP contribution in [0.25, 0.3) is 0 Å². The van der Waals surface area contributed by atoms with E-state index in [2.05, 4.69) is 29.1 Å². The van der Waals surface area contributed by atoms with Crippen LogP contribution in [0.5, 0.6) is 0 Å². The maximum Gasteiger partial charge on any atom is 0.187 e. The predicted molar refractivity (Wildman–Crippen MR) is 72.3 cm³/mol. The second-order valence-electron chi connectivity index (χ2n) is 4.22. The second-order valence-corrected chi connectivity index (χ2v) is 5.17. The van der Waals surface area contributed by atoms with E-state index in [0.717, 1.165) is 29.0 Å². The van der Waals surface area contributed by atoms with Crippen LogP contribution >= 0.6 is 11.8 Å². The van der Waals surface area contributed by atoms with Gasteiger partial charge < -0.3 is 9.73 Å². The molecule has 0 bridgehead atoms. The summed E-state index contributed by atoms with van der Waals surface area (Å²) in [6.07, 6.45) is 3.49. The van der Waals surface area contributed by atoms with Crippen LogP contribution in [0.3, 0.4) is 0 Å². The Morgan fingerprint density at radius 2 is 1.94 bits per heavy atom. The van der Waals surface area contributed by atoms with Crippen LogP contribution in [0, 0.1) is 0 Å². The van der Waals surface area contributed by atoms with Crippen molar-refractivity contribution in [3.63, 3.8) is 0 Å². The van der Waals surface area contributed by atoms with Crippen LogP contribution in [0.2, 0.25) is 0 Å². The summed E-state index contributed by atoms with van der Waals surface area (Å²) in [7, 11) is 0. The molecule has 0 aromatic carbocycles. The minimum absolute atomic E-state index is 0.464. The number of nitrogens with one attached hydrogen (secondary N) is 1. The van der Waals surface area contributed by atoms with Crippen LogP contribution in [0.4, 0.5) is 0 Å². The third kappa shape index (κ3) is 4.16. The molecule has 0 saturated carbocycles. The Morgan fingerprint density at radius 3 is 2.67 bits per heavy atom. The molecular weight excluding hydrogens is 246 g/mol. The molecule has 2 aromatic heterocycles. The van der Waals surface area contributed by atoms with Crippen molar-refractivity contribution in [2.75, 3.05) is 0 Å². The average molecular weight is 263 g/mol. The van der Waals surface area contributed by atoms with Crippen molar-refractivity contribution in [1.29, 1.82) is 0 Å². The maximum atomic E-state index is 5.72. The zero-order chi connectivity index (χ0) is 12.8. The molecule has 0 amide bonds. The van der Waals surface area contributed by atoms with Gasteiger partial charge in [0.25, 0.3) is 0 Å². The third-order valence-electron chi connectivity index (χ3n) is 2.29. The maximum absolute atomic E-state index is 5.72. The average Bonchev–Trinajstić information content (AvgIpc) is 2.83. The molecule has 0 fully saturated rings. The Hall–Kier alpha value is -1.33. The molecule has 0 aliphatic rings. The summed E-state index contributed by atoms with van der Waals surface area (Å²) < 4.78 is 5.72. The number of furan rings is 1. The first-order chi connectivity index (χ1) is 8.74. The van der Waals surface area contributed by atoms with Gasteiger partial charge in [-0.2, -0.15) is 0 Å². The summed E-state index contributed by atoms with van der Waals surface area (Å²) >= 11 is 1.57. The van der Waals surface area contributed by atoms with E-state index in [1.807, 2.05) is 18.2 Å². The fourth-order valence-electron chi connectivity index (χ4n) is 1.40. The van der Waals surface area contributed by atoms with E-state index in [1.165, 1.54) is 0 Å². The standard InChI is InChI=1S/C13H17N3OS/c1-10(2)16-8-11-4-5-12(17-11)9-18-13-14-6-3-7-15-13/h3-7,10,16H,8-9H2,1-2H3. The number of aromatic nitrogens is 2. The van der Waals surface area contributed by atoms with E-state index in [4.69, 9.17) is 4.42 Å². The topological polar surface area (TPSA) is 51.0 Å². The Morgan fingerprint density at radius 1 is 1.22 bits per heavy atom. The van der Waals surface area contributed by atoms with E-state index in [9.17, 15) is 0 Å². The monoisotopic (exact) mass is 263 g/mol. The van der Waals surface area contributed by atoms with Gasteiger partial charge in [-0.1, -0.05) is 25.6 Å². The fourth-order valence-corrected chi connectivity index (χ4v) is 2.09. The molecule has 0 aliphatic heterocycles. The molecular formula is C13H17N3OS. The van der Waals surface area contributed by atoms with Gasteiger partial charge in [-0.3, -0.25) is 0 Å². The largest absolute Gasteiger partial charge is 0.464 e. The highest BCUT2D eigenvalue weighted by Gasteiger charge is 2.04. The van der Waals surface area contributed by atoms with Gasteiger partial charge in [0.1, 0.15) is 11.5 Å². The minimum atomic E-state index is 0.464. The van der Waals surface area contributed by atoms with Crippen LogP contribution < -0.4 is 5.32 Å². The summed E-state index contributed by atoms with van der Waals surface area (Å²) in [6.45, 7) is 5.00. The van der Waals surface area contributed by atoms with Crippen molar-refractivity contribution >= 4 is 11.8 Å². The van der Waals surface area contributed by atoms with Crippen molar-refractivity contribution in [1.82, 2.24) is 15.3 Å². The Balaban J connectivity index is 1.83. The normalized spacial score (nSPS) is 11.1. The molecule has 0 unspecified atom stereocenters. The first-order valence-corrected chi connectivity index (χ1v) is 6.93. The van der Waals surface area contributed by atoms with E-state index in [0.29, 0.717) is 6.04 Å². The van der Waals surface area contributed by atoms with E-state index >= 15 is 0 Å². The van der Waals surface area contributed by atoms with Gasteiger partial charge in [-0.15, -0.1) is 0 Å². The molecule has 2 aromatic rings. The molecule has 0 aliphatic carbocycles. The zero-order valence-electron chi connectivity index (χ0n) is 10.6. The van der Waals surface area contributed by atoms with Crippen molar-refractivity contribution in [2.45, 2.75) is 37.3 Å². The molecule has 1 N–H and O–H groups in total. The Labute approximate surface area is 111 Å². The van der Waals surface area contributed by atoms with Gasteiger partial charge >= 0.3 is 0 Å². The van der Waals surface area contributed by atoms with Crippen molar-refractivity contribution in [3.05, 3.63) is 42.1 Å². The SMILES string of the molecule is CC(C)NCc1ccc(CSc2ncccn2)o1. The van der Waals surface area contributed by atoms with E-state index in [-0.39, 0.29) is 0 Å². The molecule has 2 heterocycles. The third-order valence-corrected chi connectivity index (χ3v) is 3.19. The second kappa shape index (κ2) is 6.56. The molecule has 0 saturated heterocycles. The molecule has 5 heteroatoms. The smallest absolute Gasteiger partial charge is 0.187 e. The van der Waals surface area contributed by atoms with Gasteiger partial charge in [-0.05, 0) is 18.2 Å². The van der Waals surface area contributed by atoms with Gasteiger partial charge in [-0.25, -0.2) is 9.97 Å². The highest BCUT2D eigenvalue weighted by atomic mass is 32.2. The highest BCUT2D eigenvalue weighted by molar-refractivity contribution is 7.98. The Kier molecular flexibility index (Phi) is 4.78. The highest BCUT2D eigenvalue weighted by Crippen LogP contribution is 2.20. The lowest BCUT2D eigenvalue weighted by Gasteiger charge is -2.04. The van der Waals surface area contributed by atoms with Crippen LogP contribution in [0.1, 0.15) is 25.4 Å². The number of hydrogen-bond acceptors (Lipinski definition) is 5. The van der Waals surface area contributed by atoms with Gasteiger partial charge in [0, 0.05) is 18.4 Å². The van der Waals surface area contributed by atoms with E-state index < -0.39 is 0 Å². The number of hydrogen-bond donors (Lipinski definition) is 1. The van der Waals surface area contributed by atoms with Crippen molar-refractivity contribution in [3.8, 4) is 0 Å². The van der Waals surface area contributed by atoms with Gasteiger partial charge in [0.2, 0.25) is 0 Å². The summed E-state index contributed by atoms with van der Waals surface area (Å²) in [5, 5.41) is 4.10. The first kappa shape index (κ1) is 13.1. The molecule has 4 nitrogen and oxygen atoms in total. The van der Waals surface area contributed by atoms with Crippen LogP contribution in [-0.4, -0.2) is 16.0 Å². The fraction of sp³-hybridized carbons (Fsp3) is 0.385. The summed E-state index contributed by atoms with van der Waals surface area (Å²) in [5.74, 6) is 2.67. The number of nitrogens with zero attached hydrogens (tertiary/aromatic N) is 2.